The van der Waals surface area contributed by atoms with Crippen LogP contribution in [-0.4, -0.2) is 10.5 Å². The molecule has 0 unspecified atom stereocenters. The molecule has 0 saturated carbocycles. The highest BCUT2D eigenvalue weighted by molar-refractivity contribution is 5.86. The first-order valence-electron chi connectivity index (χ1n) is 7.09. The lowest BCUT2D eigenvalue weighted by molar-refractivity contribution is 0.397. The van der Waals surface area contributed by atoms with E-state index in [0.717, 1.165) is 12.1 Å². The van der Waals surface area contributed by atoms with Crippen molar-refractivity contribution in [1.29, 1.82) is 0 Å². The molecule has 2 aromatic rings. The molecule has 3 rings (SSSR count). The maximum Gasteiger partial charge on any atom is 0.0331 e. The lowest BCUT2D eigenvalue weighted by Gasteiger charge is -2.27. The fourth-order valence-corrected chi connectivity index (χ4v) is 3.24. The topological polar surface area (TPSA) is 50.9 Å². The summed E-state index contributed by atoms with van der Waals surface area (Å²) >= 11 is 0. The number of pyridine rings is 1. The lowest BCUT2D eigenvalue weighted by Crippen LogP contribution is -2.37. The molecular formula is C17H24Cl3N3. The van der Waals surface area contributed by atoms with Crippen molar-refractivity contribution in [3.05, 3.63) is 59.9 Å². The number of nitrogens with two attached hydrogens (primary N) is 1. The minimum absolute atomic E-state index is 0. The van der Waals surface area contributed by atoms with Gasteiger partial charge in [0.05, 0.1) is 0 Å². The molecule has 0 spiro atoms. The highest BCUT2D eigenvalue weighted by Crippen LogP contribution is 2.43. The Kier molecular flexibility index (Phi) is 8.36. The van der Waals surface area contributed by atoms with Gasteiger partial charge in [0.15, 0.2) is 0 Å². The van der Waals surface area contributed by atoms with Crippen LogP contribution < -0.4 is 11.1 Å². The monoisotopic (exact) mass is 375 g/mol. The van der Waals surface area contributed by atoms with E-state index in [2.05, 4.69) is 48.4 Å². The summed E-state index contributed by atoms with van der Waals surface area (Å²) in [4.78, 5) is 4.12. The number of anilines is 1. The van der Waals surface area contributed by atoms with E-state index in [9.17, 15) is 0 Å². The zero-order chi connectivity index (χ0) is 14.2. The van der Waals surface area contributed by atoms with E-state index < -0.39 is 0 Å². The number of halogens is 3. The van der Waals surface area contributed by atoms with Crippen LogP contribution in [0.2, 0.25) is 0 Å². The second kappa shape index (κ2) is 8.74. The van der Waals surface area contributed by atoms with E-state index in [1.807, 2.05) is 24.5 Å². The summed E-state index contributed by atoms with van der Waals surface area (Å²) < 4.78 is 0. The molecule has 1 aromatic heterocycles. The summed E-state index contributed by atoms with van der Waals surface area (Å²) in [6, 6.07) is 12.8. The average molecular weight is 377 g/mol. The van der Waals surface area contributed by atoms with Crippen molar-refractivity contribution < 1.29 is 0 Å². The molecule has 6 heteroatoms. The molecule has 1 aromatic carbocycles. The van der Waals surface area contributed by atoms with Crippen LogP contribution in [0.4, 0.5) is 5.69 Å². The van der Waals surface area contributed by atoms with Crippen LogP contribution in [0.1, 0.15) is 43.4 Å². The number of benzene rings is 1. The van der Waals surface area contributed by atoms with E-state index in [-0.39, 0.29) is 42.8 Å². The number of nitrogens with zero attached hydrogens (tertiary/aromatic N) is 1. The molecule has 2 heterocycles. The Morgan fingerprint density at radius 3 is 2.09 bits per heavy atom. The Labute approximate surface area is 156 Å². The number of nitrogens with one attached hydrogen (secondary N) is 1. The molecule has 0 amide bonds. The Bertz CT molecular complexity index is 588. The molecule has 1 aliphatic rings. The summed E-state index contributed by atoms with van der Waals surface area (Å²) in [6.45, 7) is 4.55. The first kappa shape index (κ1) is 22.0. The molecule has 0 bridgehead atoms. The van der Waals surface area contributed by atoms with Gasteiger partial charge in [0.2, 0.25) is 0 Å². The van der Waals surface area contributed by atoms with Crippen molar-refractivity contribution in [2.24, 2.45) is 0 Å². The summed E-state index contributed by atoms with van der Waals surface area (Å²) in [6.07, 6.45) is 4.85. The summed E-state index contributed by atoms with van der Waals surface area (Å²) in [5.74, 6) is 0.494. The van der Waals surface area contributed by atoms with Crippen molar-refractivity contribution in [3.63, 3.8) is 0 Å². The SMILES string of the molecule is CC1(C)N[C@@H](c2ccc(N)cc2)C[C@@H]1c1ccncc1.Cl.Cl.Cl. The van der Waals surface area contributed by atoms with Gasteiger partial charge in [0.1, 0.15) is 0 Å². The molecule has 3 nitrogen and oxygen atoms in total. The third-order valence-corrected chi connectivity index (χ3v) is 4.34. The van der Waals surface area contributed by atoms with E-state index in [0.29, 0.717) is 12.0 Å². The van der Waals surface area contributed by atoms with Gasteiger partial charge >= 0.3 is 0 Å². The predicted octanol–water partition coefficient (Wildman–Crippen LogP) is 4.53. The van der Waals surface area contributed by atoms with Crippen LogP contribution in [0.15, 0.2) is 48.8 Å². The van der Waals surface area contributed by atoms with Gasteiger partial charge in [-0.05, 0) is 55.7 Å². The standard InChI is InChI=1S/C17H21N3.3ClH/c1-17(2)15(12-7-9-19-10-8-12)11-16(20-17)13-3-5-14(18)6-4-13;;;/h3-10,15-16,20H,11,18H2,1-2H3;3*1H/t15-,16-;;;/m1.../s1. The Morgan fingerprint density at radius 1 is 0.957 bits per heavy atom. The second-order valence-electron chi connectivity index (χ2n) is 6.15. The van der Waals surface area contributed by atoms with Gasteiger partial charge in [-0.3, -0.25) is 4.98 Å². The number of rotatable bonds is 2. The fraction of sp³-hybridized carbons (Fsp3) is 0.353. The normalized spacial score (nSPS) is 21.5. The van der Waals surface area contributed by atoms with Crippen LogP contribution in [0.3, 0.4) is 0 Å². The van der Waals surface area contributed by atoms with Gasteiger partial charge in [0.25, 0.3) is 0 Å². The van der Waals surface area contributed by atoms with Crippen molar-refractivity contribution in [1.82, 2.24) is 10.3 Å². The Balaban J connectivity index is 0.00000161. The number of hydrogen-bond donors (Lipinski definition) is 2. The molecule has 3 N–H and O–H groups in total. The summed E-state index contributed by atoms with van der Waals surface area (Å²) in [7, 11) is 0. The van der Waals surface area contributed by atoms with Gasteiger partial charge in [-0.2, -0.15) is 0 Å². The second-order valence-corrected chi connectivity index (χ2v) is 6.15. The van der Waals surface area contributed by atoms with Crippen molar-refractivity contribution in [2.45, 2.75) is 37.8 Å². The lowest BCUT2D eigenvalue weighted by atomic mass is 9.83. The van der Waals surface area contributed by atoms with Crippen molar-refractivity contribution in [2.75, 3.05) is 5.73 Å². The third-order valence-electron chi connectivity index (χ3n) is 4.34. The van der Waals surface area contributed by atoms with Gasteiger partial charge in [-0.25, -0.2) is 0 Å². The number of nitrogen functional groups attached to an aromatic ring is 1. The van der Waals surface area contributed by atoms with Gasteiger partial charge < -0.3 is 11.1 Å². The van der Waals surface area contributed by atoms with Gasteiger partial charge in [-0.15, -0.1) is 37.2 Å². The highest BCUT2D eigenvalue weighted by Gasteiger charge is 2.40. The summed E-state index contributed by atoms with van der Waals surface area (Å²) in [5.41, 5.74) is 9.33. The predicted molar refractivity (Wildman–Crippen MR) is 104 cm³/mol. The zero-order valence-corrected chi connectivity index (χ0v) is 15.7. The van der Waals surface area contributed by atoms with Crippen LogP contribution in [0.5, 0.6) is 0 Å². The molecule has 0 radical (unpaired) electrons. The molecule has 2 atom stereocenters. The van der Waals surface area contributed by atoms with E-state index in [1.54, 1.807) is 0 Å². The minimum atomic E-state index is 0. The van der Waals surface area contributed by atoms with Crippen LogP contribution in [-0.2, 0) is 0 Å². The smallest absolute Gasteiger partial charge is 0.0331 e. The molecule has 1 fully saturated rings. The molecule has 0 aliphatic carbocycles. The quantitative estimate of drug-likeness (QED) is 0.757. The van der Waals surface area contributed by atoms with Crippen molar-refractivity contribution in [3.8, 4) is 0 Å². The first-order valence-corrected chi connectivity index (χ1v) is 7.09. The highest BCUT2D eigenvalue weighted by atomic mass is 35.5. The minimum Gasteiger partial charge on any atom is -0.399 e. The molecule has 1 saturated heterocycles. The maximum absolute atomic E-state index is 5.77. The number of hydrogen-bond acceptors (Lipinski definition) is 3. The Morgan fingerprint density at radius 2 is 1.52 bits per heavy atom. The number of aromatic nitrogens is 1. The van der Waals surface area contributed by atoms with Crippen LogP contribution >= 0.6 is 37.2 Å². The summed E-state index contributed by atoms with van der Waals surface area (Å²) in [5, 5.41) is 3.75. The van der Waals surface area contributed by atoms with Crippen LogP contribution in [0.25, 0.3) is 0 Å². The molecule has 128 valence electrons. The average Bonchev–Trinajstić information content (AvgIpc) is 2.76. The largest absolute Gasteiger partial charge is 0.399 e. The van der Waals surface area contributed by atoms with Crippen LogP contribution in [0, 0.1) is 0 Å². The van der Waals surface area contributed by atoms with Gasteiger partial charge in [-0.1, -0.05) is 12.1 Å². The van der Waals surface area contributed by atoms with E-state index in [4.69, 9.17) is 5.73 Å². The molecule has 1 aliphatic heterocycles. The van der Waals surface area contributed by atoms with Crippen molar-refractivity contribution >= 4 is 42.9 Å². The third kappa shape index (κ3) is 4.74. The first-order chi connectivity index (χ1) is 9.56. The molecular weight excluding hydrogens is 353 g/mol. The molecule has 23 heavy (non-hydrogen) atoms. The van der Waals surface area contributed by atoms with Gasteiger partial charge in [0, 0.05) is 35.6 Å². The van der Waals surface area contributed by atoms with E-state index >= 15 is 0 Å². The zero-order valence-electron chi connectivity index (χ0n) is 13.2. The van der Waals surface area contributed by atoms with E-state index in [1.165, 1.54) is 11.1 Å². The maximum atomic E-state index is 5.77. The Hall–Kier alpha value is -1.000. The fourth-order valence-electron chi connectivity index (χ4n) is 3.24.